The van der Waals surface area contributed by atoms with E-state index in [4.69, 9.17) is 14.0 Å². The van der Waals surface area contributed by atoms with Gasteiger partial charge in [0, 0.05) is 43.5 Å². The maximum atomic E-state index is 13.0. The van der Waals surface area contributed by atoms with Gasteiger partial charge in [-0.1, -0.05) is 5.16 Å². The molecule has 0 aliphatic carbocycles. The third kappa shape index (κ3) is 4.06. The number of methoxy groups -OCH3 is 2. The minimum absolute atomic E-state index is 0.0439. The molecule has 8 heteroatoms. The number of likely N-dealkylation sites (tertiary alicyclic amines) is 1. The smallest absolute Gasteiger partial charge is 0.258 e. The number of amides is 1. The Balaban J connectivity index is 1.41. The lowest BCUT2D eigenvalue weighted by Gasteiger charge is -2.18. The molecule has 0 N–H and O–H groups in total. The van der Waals surface area contributed by atoms with Crippen molar-refractivity contribution in [1.82, 2.24) is 20.0 Å². The van der Waals surface area contributed by atoms with Crippen molar-refractivity contribution >= 4 is 5.91 Å². The normalized spacial score (nSPS) is 16.1. The summed E-state index contributed by atoms with van der Waals surface area (Å²) < 4.78 is 15.9. The Hall–Kier alpha value is -3.42. The van der Waals surface area contributed by atoms with Gasteiger partial charge in [-0.15, -0.1) is 0 Å². The topological polar surface area (TPSA) is 90.6 Å². The van der Waals surface area contributed by atoms with Gasteiger partial charge < -0.3 is 18.9 Å². The number of carbonyl (C=O) groups excluding carboxylic acids is 1. The predicted molar refractivity (Wildman–Crippen MR) is 105 cm³/mol. The summed E-state index contributed by atoms with van der Waals surface area (Å²) in [7, 11) is 3.13. The minimum atomic E-state index is -0.0439. The van der Waals surface area contributed by atoms with Crippen molar-refractivity contribution in [3.63, 3.8) is 0 Å². The first kappa shape index (κ1) is 18.9. The van der Waals surface area contributed by atoms with Crippen molar-refractivity contribution in [2.45, 2.75) is 12.8 Å². The fourth-order valence-corrected chi connectivity index (χ4v) is 3.54. The van der Waals surface area contributed by atoms with Crippen LogP contribution in [0.1, 0.15) is 22.6 Å². The largest absolute Gasteiger partial charge is 0.497 e. The number of hydrogen-bond acceptors (Lipinski definition) is 7. The number of benzene rings is 1. The van der Waals surface area contributed by atoms with Crippen LogP contribution in [0.2, 0.25) is 0 Å². The Morgan fingerprint density at radius 1 is 1.21 bits per heavy atom. The molecule has 1 fully saturated rings. The molecule has 4 rings (SSSR count). The Labute approximate surface area is 168 Å². The Morgan fingerprint density at radius 2 is 2.03 bits per heavy atom. The molecule has 0 radical (unpaired) electrons. The monoisotopic (exact) mass is 394 g/mol. The third-order valence-corrected chi connectivity index (χ3v) is 5.08. The number of pyridine rings is 1. The summed E-state index contributed by atoms with van der Waals surface area (Å²) in [6, 6.07) is 8.89. The first-order valence-electron chi connectivity index (χ1n) is 9.42. The van der Waals surface area contributed by atoms with Gasteiger partial charge in [0.25, 0.3) is 11.8 Å². The zero-order valence-corrected chi connectivity index (χ0v) is 16.4. The number of rotatable bonds is 6. The Bertz CT molecular complexity index is 989. The van der Waals surface area contributed by atoms with Gasteiger partial charge in [0.1, 0.15) is 11.5 Å². The highest BCUT2D eigenvalue weighted by molar-refractivity contribution is 5.97. The van der Waals surface area contributed by atoms with E-state index in [-0.39, 0.29) is 11.8 Å². The number of hydrogen-bond donors (Lipinski definition) is 0. The number of ether oxygens (including phenoxy) is 2. The lowest BCUT2D eigenvalue weighted by atomic mass is 10.0. The zero-order chi connectivity index (χ0) is 20.2. The molecule has 0 bridgehead atoms. The van der Waals surface area contributed by atoms with Crippen LogP contribution in [0.3, 0.4) is 0 Å². The van der Waals surface area contributed by atoms with Crippen LogP contribution in [0.5, 0.6) is 11.5 Å². The van der Waals surface area contributed by atoms with E-state index in [1.54, 1.807) is 44.8 Å². The molecular weight excluding hydrogens is 372 g/mol. The van der Waals surface area contributed by atoms with Crippen LogP contribution in [-0.2, 0) is 6.42 Å². The number of aromatic nitrogens is 3. The highest BCUT2D eigenvalue weighted by Gasteiger charge is 2.29. The van der Waals surface area contributed by atoms with Gasteiger partial charge in [-0.25, -0.2) is 0 Å². The van der Waals surface area contributed by atoms with Gasteiger partial charge in [0.05, 0.1) is 19.8 Å². The summed E-state index contributed by atoms with van der Waals surface area (Å²) in [5, 5.41) is 4.09. The van der Waals surface area contributed by atoms with Crippen LogP contribution >= 0.6 is 0 Å². The summed E-state index contributed by atoms with van der Waals surface area (Å²) in [5.74, 6) is 2.54. The van der Waals surface area contributed by atoms with Crippen LogP contribution < -0.4 is 9.47 Å². The molecular formula is C21H22N4O4. The molecule has 0 spiro atoms. The molecule has 8 nitrogen and oxygen atoms in total. The van der Waals surface area contributed by atoms with Crippen molar-refractivity contribution in [1.29, 1.82) is 0 Å². The maximum Gasteiger partial charge on any atom is 0.258 e. The minimum Gasteiger partial charge on any atom is -0.497 e. The Kier molecular flexibility index (Phi) is 5.41. The molecule has 3 aromatic rings. The lowest BCUT2D eigenvalue weighted by Crippen LogP contribution is -2.29. The maximum absolute atomic E-state index is 13.0. The van der Waals surface area contributed by atoms with Gasteiger partial charge in [-0.3, -0.25) is 9.78 Å². The highest BCUT2D eigenvalue weighted by Crippen LogP contribution is 2.28. The van der Waals surface area contributed by atoms with Crippen LogP contribution in [-0.4, -0.2) is 53.2 Å². The highest BCUT2D eigenvalue weighted by atomic mass is 16.5. The second kappa shape index (κ2) is 8.30. The Morgan fingerprint density at radius 3 is 2.79 bits per heavy atom. The molecule has 1 aliphatic heterocycles. The summed E-state index contributed by atoms with van der Waals surface area (Å²) in [4.78, 5) is 23.3. The molecule has 2 aromatic heterocycles. The third-order valence-electron chi connectivity index (χ3n) is 5.08. The molecule has 150 valence electrons. The quantitative estimate of drug-likeness (QED) is 0.635. The average Bonchev–Trinajstić information content (AvgIpc) is 3.43. The SMILES string of the molecule is COc1ccc(C(=O)N2CCC(Cc3noc(-c4ccncc4)n3)C2)c(OC)c1. The number of nitrogens with zero attached hydrogens (tertiary/aromatic N) is 4. The van der Waals surface area contributed by atoms with Crippen molar-refractivity contribution < 1.29 is 18.8 Å². The first-order chi connectivity index (χ1) is 14.2. The fourth-order valence-electron chi connectivity index (χ4n) is 3.54. The van der Waals surface area contributed by atoms with Gasteiger partial charge in [-0.2, -0.15) is 4.98 Å². The van der Waals surface area contributed by atoms with Gasteiger partial charge in [0.15, 0.2) is 5.82 Å². The summed E-state index contributed by atoms with van der Waals surface area (Å²) in [5.41, 5.74) is 1.38. The van der Waals surface area contributed by atoms with E-state index in [2.05, 4.69) is 15.1 Å². The van der Waals surface area contributed by atoms with Crippen LogP contribution in [0.15, 0.2) is 47.2 Å². The fraction of sp³-hybridized carbons (Fsp3) is 0.333. The van der Waals surface area contributed by atoms with Crippen molar-refractivity contribution in [3.8, 4) is 23.0 Å². The van der Waals surface area contributed by atoms with Crippen molar-refractivity contribution in [2.75, 3.05) is 27.3 Å². The molecule has 29 heavy (non-hydrogen) atoms. The predicted octanol–water partition coefficient (Wildman–Crippen LogP) is 2.85. The summed E-state index contributed by atoms with van der Waals surface area (Å²) in [6.45, 7) is 1.33. The molecule has 1 atom stereocenters. The molecule has 1 unspecified atom stereocenters. The van der Waals surface area contributed by atoms with Crippen LogP contribution in [0.25, 0.3) is 11.5 Å². The van der Waals surface area contributed by atoms with E-state index >= 15 is 0 Å². The second-order valence-electron chi connectivity index (χ2n) is 6.93. The van der Waals surface area contributed by atoms with E-state index in [1.807, 2.05) is 17.0 Å². The molecule has 1 amide bonds. The van der Waals surface area contributed by atoms with Crippen molar-refractivity contribution in [3.05, 3.63) is 54.1 Å². The van der Waals surface area contributed by atoms with Gasteiger partial charge in [0.2, 0.25) is 0 Å². The van der Waals surface area contributed by atoms with Crippen LogP contribution in [0.4, 0.5) is 0 Å². The number of carbonyl (C=O) groups is 1. The average molecular weight is 394 g/mol. The molecule has 1 saturated heterocycles. The molecule has 1 aromatic carbocycles. The van der Waals surface area contributed by atoms with Crippen molar-refractivity contribution in [2.24, 2.45) is 5.92 Å². The second-order valence-corrected chi connectivity index (χ2v) is 6.93. The van der Waals surface area contributed by atoms with Crippen LogP contribution in [0, 0.1) is 5.92 Å². The van der Waals surface area contributed by atoms with E-state index < -0.39 is 0 Å². The zero-order valence-electron chi connectivity index (χ0n) is 16.4. The molecule has 0 saturated carbocycles. The lowest BCUT2D eigenvalue weighted by molar-refractivity contribution is 0.0783. The standard InChI is InChI=1S/C21H22N4O4/c1-27-16-3-4-17(18(12-16)28-2)21(26)25-10-7-14(13-25)11-19-23-20(29-24-19)15-5-8-22-9-6-15/h3-6,8-9,12,14H,7,10-11,13H2,1-2H3. The summed E-state index contributed by atoms with van der Waals surface area (Å²) >= 11 is 0. The van der Waals surface area contributed by atoms with E-state index in [0.29, 0.717) is 48.3 Å². The van der Waals surface area contributed by atoms with Gasteiger partial charge >= 0.3 is 0 Å². The summed E-state index contributed by atoms with van der Waals surface area (Å²) in [6.07, 6.45) is 4.93. The van der Waals surface area contributed by atoms with E-state index in [9.17, 15) is 4.79 Å². The van der Waals surface area contributed by atoms with E-state index in [0.717, 1.165) is 12.0 Å². The van der Waals surface area contributed by atoms with E-state index in [1.165, 1.54) is 0 Å². The molecule has 1 aliphatic rings. The first-order valence-corrected chi connectivity index (χ1v) is 9.42. The van der Waals surface area contributed by atoms with Gasteiger partial charge in [-0.05, 0) is 36.6 Å². The molecule has 3 heterocycles.